The van der Waals surface area contributed by atoms with Crippen LogP contribution in [0.25, 0.3) is 10.9 Å². The van der Waals surface area contributed by atoms with Crippen LogP contribution in [-0.2, 0) is 6.54 Å². The van der Waals surface area contributed by atoms with Gasteiger partial charge in [0.25, 0.3) is 0 Å². The Labute approximate surface area is 139 Å². The molecule has 0 saturated carbocycles. The number of nitrogens with one attached hydrogen (secondary N) is 1. The average Bonchev–Trinajstić information content (AvgIpc) is 2.54. The van der Waals surface area contributed by atoms with Gasteiger partial charge in [0.1, 0.15) is 12.4 Å². The lowest BCUT2D eigenvalue weighted by Gasteiger charge is -2.15. The van der Waals surface area contributed by atoms with Crippen LogP contribution in [0.15, 0.2) is 48.7 Å². The Morgan fingerprint density at radius 2 is 2.13 bits per heavy atom. The summed E-state index contributed by atoms with van der Waals surface area (Å²) in [5.41, 5.74) is 8.26. The minimum Gasteiger partial charge on any atom is -0.618 e. The third kappa shape index (κ3) is 3.21. The van der Waals surface area contributed by atoms with Crippen molar-refractivity contribution in [3.63, 3.8) is 0 Å². The molecule has 3 N–H and O–H groups in total. The summed E-state index contributed by atoms with van der Waals surface area (Å²) in [5.74, 6) is 0.643. The molecule has 0 saturated heterocycles. The molecule has 0 fully saturated rings. The molecule has 0 aliphatic rings. The summed E-state index contributed by atoms with van der Waals surface area (Å²) in [4.78, 5) is 4.61. The summed E-state index contributed by atoms with van der Waals surface area (Å²) in [5, 5.41) is 16.5. The number of nitrogens with zero attached hydrogens (tertiary/aromatic N) is 2. The minimum atomic E-state index is -0.191. The van der Waals surface area contributed by atoms with Gasteiger partial charge in [-0.1, -0.05) is 23.7 Å². The van der Waals surface area contributed by atoms with Crippen LogP contribution in [0.1, 0.15) is 24.2 Å². The fraction of sp³-hybridized carbons (Fsp3) is 0.176. The quantitative estimate of drug-likeness (QED) is 0.569. The molecule has 1 atom stereocenters. The number of hydrogen-bond acceptors (Lipinski definition) is 4. The molecule has 0 amide bonds. The first kappa shape index (κ1) is 15.5. The van der Waals surface area contributed by atoms with Crippen molar-refractivity contribution >= 4 is 28.3 Å². The van der Waals surface area contributed by atoms with E-state index in [-0.39, 0.29) is 6.04 Å². The molecule has 3 aromatic rings. The Bertz CT molecular complexity index is 851. The van der Waals surface area contributed by atoms with E-state index in [9.17, 15) is 5.21 Å². The van der Waals surface area contributed by atoms with Gasteiger partial charge in [0.05, 0.1) is 10.5 Å². The topological polar surface area (TPSA) is 77.9 Å². The highest BCUT2D eigenvalue weighted by Gasteiger charge is 2.13. The van der Waals surface area contributed by atoms with Crippen molar-refractivity contribution in [3.05, 3.63) is 70.1 Å². The normalized spacial score (nSPS) is 12.3. The van der Waals surface area contributed by atoms with Gasteiger partial charge in [-0.05, 0) is 25.1 Å². The van der Waals surface area contributed by atoms with E-state index in [1.165, 1.54) is 6.20 Å². The molecule has 118 valence electrons. The lowest BCUT2D eigenvalue weighted by Crippen LogP contribution is -2.32. The Balaban J connectivity index is 1.99. The van der Waals surface area contributed by atoms with Gasteiger partial charge in [-0.2, -0.15) is 4.73 Å². The third-order valence-electron chi connectivity index (χ3n) is 3.66. The molecular weight excluding hydrogens is 312 g/mol. The van der Waals surface area contributed by atoms with E-state index in [2.05, 4.69) is 10.3 Å². The Hall–Kier alpha value is -2.37. The highest BCUT2D eigenvalue weighted by molar-refractivity contribution is 6.35. The molecular formula is C17H17ClN4O. The molecule has 5 nitrogen and oxygen atoms in total. The molecule has 3 rings (SSSR count). The SMILES string of the molecule is C[C@H](N)c1cc2cccc(Cl)c2nc1NCc1cccc[n+]1[O-]. The summed E-state index contributed by atoms with van der Waals surface area (Å²) in [6.45, 7) is 2.25. The van der Waals surface area contributed by atoms with E-state index in [1.807, 2.05) is 31.2 Å². The fourth-order valence-electron chi connectivity index (χ4n) is 2.44. The van der Waals surface area contributed by atoms with Crippen LogP contribution in [-0.4, -0.2) is 4.98 Å². The molecule has 0 radical (unpaired) electrons. The van der Waals surface area contributed by atoms with Crippen LogP contribution in [0.5, 0.6) is 0 Å². The zero-order valence-corrected chi connectivity index (χ0v) is 13.4. The fourth-order valence-corrected chi connectivity index (χ4v) is 2.67. The number of anilines is 1. The van der Waals surface area contributed by atoms with Crippen molar-refractivity contribution in [2.45, 2.75) is 19.5 Å². The van der Waals surface area contributed by atoms with Crippen molar-refractivity contribution in [1.82, 2.24) is 4.98 Å². The summed E-state index contributed by atoms with van der Waals surface area (Å²) < 4.78 is 0.826. The lowest BCUT2D eigenvalue weighted by atomic mass is 10.1. The van der Waals surface area contributed by atoms with Crippen molar-refractivity contribution in [3.8, 4) is 0 Å². The highest BCUT2D eigenvalue weighted by Crippen LogP contribution is 2.28. The van der Waals surface area contributed by atoms with Crippen molar-refractivity contribution in [2.24, 2.45) is 5.73 Å². The molecule has 0 unspecified atom stereocenters. The largest absolute Gasteiger partial charge is 0.618 e. The molecule has 2 heterocycles. The van der Waals surface area contributed by atoms with E-state index in [0.717, 1.165) is 15.7 Å². The van der Waals surface area contributed by atoms with Crippen LogP contribution in [0.2, 0.25) is 5.02 Å². The van der Waals surface area contributed by atoms with Gasteiger partial charge >= 0.3 is 0 Å². The van der Waals surface area contributed by atoms with Crippen molar-refractivity contribution in [2.75, 3.05) is 5.32 Å². The standard InChI is InChI=1S/C17H17ClN4O/c1-11(19)14-9-12-5-4-7-15(18)16(12)21-17(14)20-10-13-6-2-3-8-22(13)23/h2-9,11H,10,19H2,1H3,(H,20,21)/t11-/m0/s1. The van der Waals surface area contributed by atoms with Gasteiger partial charge in [-0.25, -0.2) is 4.98 Å². The first-order valence-corrected chi connectivity index (χ1v) is 7.70. The number of benzene rings is 1. The smallest absolute Gasteiger partial charge is 0.211 e. The molecule has 0 aliphatic carbocycles. The zero-order chi connectivity index (χ0) is 16.4. The molecule has 0 aliphatic heterocycles. The summed E-state index contributed by atoms with van der Waals surface area (Å²) in [6, 6.07) is 12.7. The molecule has 2 aromatic heterocycles. The van der Waals surface area contributed by atoms with E-state index < -0.39 is 0 Å². The number of pyridine rings is 2. The van der Waals surface area contributed by atoms with E-state index in [1.54, 1.807) is 18.2 Å². The molecule has 6 heteroatoms. The minimum absolute atomic E-state index is 0.191. The predicted octanol–water partition coefficient (Wildman–Crippen LogP) is 3.15. The highest BCUT2D eigenvalue weighted by atomic mass is 35.5. The van der Waals surface area contributed by atoms with Crippen LogP contribution in [0.4, 0.5) is 5.82 Å². The van der Waals surface area contributed by atoms with Crippen LogP contribution >= 0.6 is 11.6 Å². The maximum absolute atomic E-state index is 11.7. The lowest BCUT2D eigenvalue weighted by molar-refractivity contribution is -0.613. The van der Waals surface area contributed by atoms with Crippen molar-refractivity contribution < 1.29 is 4.73 Å². The van der Waals surface area contributed by atoms with Gasteiger partial charge in [0, 0.05) is 29.1 Å². The number of rotatable bonds is 4. The van der Waals surface area contributed by atoms with E-state index in [0.29, 0.717) is 28.6 Å². The second-order valence-corrected chi connectivity index (χ2v) is 5.80. The number of aromatic nitrogens is 2. The summed E-state index contributed by atoms with van der Waals surface area (Å²) >= 11 is 6.23. The van der Waals surface area contributed by atoms with E-state index >= 15 is 0 Å². The van der Waals surface area contributed by atoms with Gasteiger partial charge in [0.2, 0.25) is 5.69 Å². The van der Waals surface area contributed by atoms with Gasteiger partial charge in [-0.3, -0.25) is 0 Å². The zero-order valence-electron chi connectivity index (χ0n) is 12.7. The molecule has 23 heavy (non-hydrogen) atoms. The second kappa shape index (κ2) is 6.40. The van der Waals surface area contributed by atoms with Crippen LogP contribution < -0.4 is 15.8 Å². The first-order chi connectivity index (χ1) is 11.1. The Kier molecular flexibility index (Phi) is 4.32. The molecule has 0 spiro atoms. The monoisotopic (exact) mass is 328 g/mol. The average molecular weight is 329 g/mol. The second-order valence-electron chi connectivity index (χ2n) is 5.40. The predicted molar refractivity (Wildman–Crippen MR) is 92.1 cm³/mol. The number of nitrogens with two attached hydrogens (primary N) is 1. The number of para-hydroxylation sites is 1. The van der Waals surface area contributed by atoms with Gasteiger partial charge < -0.3 is 16.3 Å². The van der Waals surface area contributed by atoms with Crippen LogP contribution in [0.3, 0.4) is 0 Å². The van der Waals surface area contributed by atoms with Gasteiger partial charge in [0.15, 0.2) is 6.20 Å². The first-order valence-electron chi connectivity index (χ1n) is 7.32. The van der Waals surface area contributed by atoms with Gasteiger partial charge in [-0.15, -0.1) is 0 Å². The summed E-state index contributed by atoms with van der Waals surface area (Å²) in [6.07, 6.45) is 1.47. The summed E-state index contributed by atoms with van der Waals surface area (Å²) in [7, 11) is 0. The molecule has 0 bridgehead atoms. The Morgan fingerprint density at radius 1 is 1.30 bits per heavy atom. The maximum atomic E-state index is 11.7. The Morgan fingerprint density at radius 3 is 2.87 bits per heavy atom. The van der Waals surface area contributed by atoms with Crippen molar-refractivity contribution in [1.29, 1.82) is 0 Å². The van der Waals surface area contributed by atoms with Crippen LogP contribution in [0, 0.1) is 5.21 Å². The third-order valence-corrected chi connectivity index (χ3v) is 3.96. The van der Waals surface area contributed by atoms with E-state index in [4.69, 9.17) is 17.3 Å². The number of fused-ring (bicyclic) bond motifs is 1. The number of halogens is 1. The molecule has 1 aromatic carbocycles. The maximum Gasteiger partial charge on any atom is 0.211 e. The number of hydrogen-bond donors (Lipinski definition) is 2.